The largest absolute Gasteiger partial charge is 0.378 e. The molecule has 0 bridgehead atoms. The van der Waals surface area contributed by atoms with Gasteiger partial charge in [0.25, 0.3) is 0 Å². The number of benzene rings is 1. The first-order valence-electron chi connectivity index (χ1n) is 15.6. The van der Waals surface area contributed by atoms with Crippen LogP contribution in [0.3, 0.4) is 0 Å². The quantitative estimate of drug-likeness (QED) is 0.135. The summed E-state index contributed by atoms with van der Waals surface area (Å²) in [6.07, 6.45) is 29.9. The summed E-state index contributed by atoms with van der Waals surface area (Å²) < 4.78 is 12.3. The smallest absolute Gasteiger partial charge is 0.0717 e. The maximum atomic E-state index is 6.27. The number of hydrogen-bond donors (Lipinski definition) is 0. The third kappa shape index (κ3) is 16.5. The van der Waals surface area contributed by atoms with E-state index in [9.17, 15) is 0 Å². The molecule has 1 aliphatic carbocycles. The molecule has 1 saturated carbocycles. The van der Waals surface area contributed by atoms with Gasteiger partial charge >= 0.3 is 0 Å². The van der Waals surface area contributed by atoms with Crippen LogP contribution < -0.4 is 0 Å². The first kappa shape index (κ1) is 30.4. The zero-order valence-corrected chi connectivity index (χ0v) is 23.3. The lowest BCUT2D eigenvalue weighted by Gasteiger charge is -2.20. The zero-order chi connectivity index (χ0) is 24.7. The third-order valence-electron chi connectivity index (χ3n) is 7.86. The Balaban J connectivity index is 1.29. The van der Waals surface area contributed by atoms with Crippen molar-refractivity contribution in [2.75, 3.05) is 13.2 Å². The van der Waals surface area contributed by atoms with Crippen LogP contribution in [0.1, 0.15) is 147 Å². The summed E-state index contributed by atoms with van der Waals surface area (Å²) in [5.74, 6) is 0.592. The van der Waals surface area contributed by atoms with E-state index in [1.807, 2.05) is 0 Å². The monoisotopic (exact) mass is 486 g/mol. The molecule has 1 fully saturated rings. The molecule has 1 aromatic carbocycles. The van der Waals surface area contributed by atoms with Crippen molar-refractivity contribution < 1.29 is 9.47 Å². The van der Waals surface area contributed by atoms with Crippen LogP contribution in [0.2, 0.25) is 0 Å². The molecule has 1 aromatic rings. The average molecular weight is 487 g/mol. The molecule has 2 heteroatoms. The van der Waals surface area contributed by atoms with E-state index in [0.29, 0.717) is 12.0 Å². The molecule has 2 rings (SSSR count). The molecule has 0 saturated heterocycles. The molecule has 0 spiro atoms. The second-order valence-electron chi connectivity index (χ2n) is 11.1. The van der Waals surface area contributed by atoms with Gasteiger partial charge in [-0.2, -0.15) is 0 Å². The molecule has 0 aromatic heterocycles. The van der Waals surface area contributed by atoms with Crippen LogP contribution in [0, 0.1) is 5.92 Å². The van der Waals surface area contributed by atoms with Gasteiger partial charge in [0.1, 0.15) is 0 Å². The Morgan fingerprint density at radius 2 is 1.14 bits per heavy atom. The molecule has 202 valence electrons. The van der Waals surface area contributed by atoms with Crippen molar-refractivity contribution >= 4 is 0 Å². The second kappa shape index (κ2) is 22.3. The Labute approximate surface area is 219 Å². The second-order valence-corrected chi connectivity index (χ2v) is 11.1. The fourth-order valence-electron chi connectivity index (χ4n) is 5.55. The molecule has 0 N–H and O–H groups in total. The van der Waals surface area contributed by atoms with Crippen molar-refractivity contribution in [3.05, 3.63) is 35.9 Å². The normalized spacial score (nSPS) is 17.9. The molecule has 0 radical (unpaired) electrons. The molecule has 0 amide bonds. The van der Waals surface area contributed by atoms with E-state index >= 15 is 0 Å². The van der Waals surface area contributed by atoms with Crippen LogP contribution in [-0.4, -0.2) is 19.3 Å². The minimum absolute atomic E-state index is 0.427. The number of ether oxygens (including phenoxy) is 2. The molecule has 0 heterocycles. The average Bonchev–Trinajstić information content (AvgIpc) is 3.33. The maximum Gasteiger partial charge on any atom is 0.0717 e. The van der Waals surface area contributed by atoms with Crippen LogP contribution in [0.5, 0.6) is 0 Å². The molecular formula is C33H58O2. The van der Waals surface area contributed by atoms with Gasteiger partial charge in [0.15, 0.2) is 0 Å². The highest BCUT2D eigenvalue weighted by molar-refractivity contribution is 5.13. The zero-order valence-electron chi connectivity index (χ0n) is 23.3. The van der Waals surface area contributed by atoms with E-state index in [0.717, 1.165) is 19.8 Å². The van der Waals surface area contributed by atoms with Gasteiger partial charge in [-0.25, -0.2) is 0 Å². The fourth-order valence-corrected chi connectivity index (χ4v) is 5.55. The standard InChI is InChI=1S/C33H58O2/c1-2-3-4-5-6-7-8-9-10-11-12-13-14-15-16-17-18-22-28-35-33-27-23-26-32(33)30-34-29-31-24-20-19-21-25-31/h19-21,24-25,32-33H,2-18,22-23,26-30H2,1H3/t32-,33+/m0/s1. The first-order valence-corrected chi connectivity index (χ1v) is 15.6. The summed E-state index contributed by atoms with van der Waals surface area (Å²) in [6.45, 7) is 4.81. The van der Waals surface area contributed by atoms with Crippen LogP contribution >= 0.6 is 0 Å². The highest BCUT2D eigenvalue weighted by atomic mass is 16.5. The van der Waals surface area contributed by atoms with Gasteiger partial charge < -0.3 is 9.47 Å². The Bertz CT molecular complexity index is 557. The summed E-state index contributed by atoms with van der Waals surface area (Å²) in [4.78, 5) is 0. The molecule has 2 nitrogen and oxygen atoms in total. The summed E-state index contributed by atoms with van der Waals surface area (Å²) in [7, 11) is 0. The first-order chi connectivity index (χ1) is 17.4. The van der Waals surface area contributed by atoms with Gasteiger partial charge in [0, 0.05) is 12.5 Å². The van der Waals surface area contributed by atoms with Gasteiger partial charge in [-0.1, -0.05) is 153 Å². The lowest BCUT2D eigenvalue weighted by molar-refractivity contribution is -0.0119. The molecular weight excluding hydrogens is 428 g/mol. The van der Waals surface area contributed by atoms with Gasteiger partial charge in [-0.05, 0) is 24.8 Å². The van der Waals surface area contributed by atoms with Crippen LogP contribution in [-0.2, 0) is 16.1 Å². The van der Waals surface area contributed by atoms with Crippen molar-refractivity contribution in [3.8, 4) is 0 Å². The maximum absolute atomic E-state index is 6.27. The number of hydrogen-bond acceptors (Lipinski definition) is 2. The summed E-state index contributed by atoms with van der Waals surface area (Å²) >= 11 is 0. The Kier molecular flexibility index (Phi) is 19.4. The van der Waals surface area contributed by atoms with Crippen molar-refractivity contribution in [1.29, 1.82) is 0 Å². The van der Waals surface area contributed by atoms with Crippen LogP contribution in [0.4, 0.5) is 0 Å². The van der Waals surface area contributed by atoms with Crippen LogP contribution in [0.25, 0.3) is 0 Å². The van der Waals surface area contributed by atoms with E-state index in [-0.39, 0.29) is 0 Å². The molecule has 0 aliphatic heterocycles. The predicted octanol–water partition coefficient (Wildman–Crippen LogP) is 10.4. The van der Waals surface area contributed by atoms with Crippen LogP contribution in [0.15, 0.2) is 30.3 Å². The summed E-state index contributed by atoms with van der Waals surface area (Å²) in [5.41, 5.74) is 1.27. The minimum Gasteiger partial charge on any atom is -0.378 e. The Morgan fingerprint density at radius 1 is 0.629 bits per heavy atom. The lowest BCUT2D eigenvalue weighted by atomic mass is 10.0. The highest BCUT2D eigenvalue weighted by Gasteiger charge is 2.27. The van der Waals surface area contributed by atoms with Crippen molar-refractivity contribution in [1.82, 2.24) is 0 Å². The van der Waals surface area contributed by atoms with E-state index in [1.54, 1.807) is 0 Å². The summed E-state index contributed by atoms with van der Waals surface area (Å²) in [5, 5.41) is 0. The summed E-state index contributed by atoms with van der Waals surface area (Å²) in [6, 6.07) is 10.5. The number of rotatable bonds is 24. The van der Waals surface area contributed by atoms with Crippen molar-refractivity contribution in [2.24, 2.45) is 5.92 Å². The minimum atomic E-state index is 0.427. The van der Waals surface area contributed by atoms with Gasteiger partial charge in [0.2, 0.25) is 0 Å². The van der Waals surface area contributed by atoms with E-state index < -0.39 is 0 Å². The predicted molar refractivity (Wildman–Crippen MR) is 152 cm³/mol. The van der Waals surface area contributed by atoms with E-state index in [4.69, 9.17) is 9.47 Å². The van der Waals surface area contributed by atoms with Crippen molar-refractivity contribution in [2.45, 2.75) is 154 Å². The van der Waals surface area contributed by atoms with Gasteiger partial charge in [-0.3, -0.25) is 0 Å². The fraction of sp³-hybridized carbons (Fsp3) is 0.818. The molecule has 0 unspecified atom stereocenters. The SMILES string of the molecule is CCCCCCCCCCCCCCCCCCCCO[C@@H]1CCC[C@H]1COCc1ccccc1. The van der Waals surface area contributed by atoms with E-state index in [2.05, 4.69) is 37.3 Å². The molecule has 1 aliphatic rings. The highest BCUT2D eigenvalue weighted by Crippen LogP contribution is 2.29. The lowest BCUT2D eigenvalue weighted by Crippen LogP contribution is -2.23. The molecule has 2 atom stereocenters. The number of unbranched alkanes of at least 4 members (excludes halogenated alkanes) is 17. The van der Waals surface area contributed by atoms with Gasteiger partial charge in [0.05, 0.1) is 19.3 Å². The van der Waals surface area contributed by atoms with Gasteiger partial charge in [-0.15, -0.1) is 0 Å². The van der Waals surface area contributed by atoms with E-state index in [1.165, 1.54) is 140 Å². The Hall–Kier alpha value is -0.860. The Morgan fingerprint density at radius 3 is 1.69 bits per heavy atom. The topological polar surface area (TPSA) is 18.5 Å². The molecule has 35 heavy (non-hydrogen) atoms. The third-order valence-corrected chi connectivity index (χ3v) is 7.86. The van der Waals surface area contributed by atoms with Crippen molar-refractivity contribution in [3.63, 3.8) is 0 Å².